The molecular formula is C19H24N2. The van der Waals surface area contributed by atoms with Crippen LogP contribution >= 0.6 is 0 Å². The SMILES string of the molecule is CCc1ccc(CC2(N)CCC(C)c3ccccc32)nc1. The molecule has 2 heteroatoms. The molecule has 0 amide bonds. The zero-order valence-corrected chi connectivity index (χ0v) is 13.0. The molecule has 0 saturated carbocycles. The zero-order chi connectivity index (χ0) is 14.9. The first-order valence-electron chi connectivity index (χ1n) is 7.94. The molecule has 110 valence electrons. The van der Waals surface area contributed by atoms with Crippen LogP contribution in [0.15, 0.2) is 42.6 Å². The Balaban J connectivity index is 1.92. The van der Waals surface area contributed by atoms with Crippen LogP contribution in [0.3, 0.4) is 0 Å². The van der Waals surface area contributed by atoms with Crippen molar-refractivity contribution in [2.45, 2.75) is 51.0 Å². The van der Waals surface area contributed by atoms with Crippen LogP contribution in [-0.2, 0) is 18.4 Å². The normalized spacial score (nSPS) is 24.6. The summed E-state index contributed by atoms with van der Waals surface area (Å²) in [4.78, 5) is 4.60. The molecule has 2 aromatic rings. The van der Waals surface area contributed by atoms with Gasteiger partial charge in [0.1, 0.15) is 0 Å². The zero-order valence-electron chi connectivity index (χ0n) is 13.0. The van der Waals surface area contributed by atoms with Crippen molar-refractivity contribution >= 4 is 0 Å². The molecule has 21 heavy (non-hydrogen) atoms. The van der Waals surface area contributed by atoms with Crippen molar-refractivity contribution in [1.82, 2.24) is 4.98 Å². The molecule has 0 spiro atoms. The van der Waals surface area contributed by atoms with Gasteiger partial charge in [-0.15, -0.1) is 0 Å². The quantitative estimate of drug-likeness (QED) is 0.925. The third-order valence-electron chi connectivity index (χ3n) is 4.84. The van der Waals surface area contributed by atoms with Crippen LogP contribution in [0.1, 0.15) is 55.0 Å². The molecule has 1 aromatic heterocycles. The van der Waals surface area contributed by atoms with Crippen molar-refractivity contribution in [1.29, 1.82) is 0 Å². The molecule has 2 N–H and O–H groups in total. The molecule has 0 saturated heterocycles. The van der Waals surface area contributed by atoms with Gasteiger partial charge in [0.05, 0.1) is 0 Å². The summed E-state index contributed by atoms with van der Waals surface area (Å²) in [7, 11) is 0. The molecule has 1 aliphatic rings. The largest absolute Gasteiger partial charge is 0.321 e. The summed E-state index contributed by atoms with van der Waals surface area (Å²) in [6.07, 6.45) is 6.01. The van der Waals surface area contributed by atoms with E-state index in [0.29, 0.717) is 5.92 Å². The van der Waals surface area contributed by atoms with E-state index in [0.717, 1.165) is 31.4 Å². The Labute approximate surface area is 127 Å². The highest BCUT2D eigenvalue weighted by Gasteiger charge is 2.35. The second-order valence-electron chi connectivity index (χ2n) is 6.37. The van der Waals surface area contributed by atoms with Gasteiger partial charge in [-0.05, 0) is 47.9 Å². The Bertz CT molecular complexity index is 618. The first-order chi connectivity index (χ1) is 10.1. The number of aryl methyl sites for hydroxylation is 1. The highest BCUT2D eigenvalue weighted by molar-refractivity contribution is 5.39. The van der Waals surface area contributed by atoms with E-state index in [2.05, 4.69) is 55.2 Å². The van der Waals surface area contributed by atoms with Gasteiger partial charge >= 0.3 is 0 Å². The molecule has 1 heterocycles. The van der Waals surface area contributed by atoms with Gasteiger partial charge in [-0.25, -0.2) is 0 Å². The third kappa shape index (κ3) is 2.73. The van der Waals surface area contributed by atoms with Crippen molar-refractivity contribution in [3.63, 3.8) is 0 Å². The number of rotatable bonds is 3. The lowest BCUT2D eigenvalue weighted by Crippen LogP contribution is -2.42. The van der Waals surface area contributed by atoms with Gasteiger partial charge < -0.3 is 5.73 Å². The fourth-order valence-corrected chi connectivity index (χ4v) is 3.42. The molecule has 1 aromatic carbocycles. The average molecular weight is 280 g/mol. The number of pyridine rings is 1. The fraction of sp³-hybridized carbons (Fsp3) is 0.421. The number of hydrogen-bond acceptors (Lipinski definition) is 2. The average Bonchev–Trinajstić information content (AvgIpc) is 2.52. The van der Waals surface area contributed by atoms with Crippen LogP contribution in [0.2, 0.25) is 0 Å². The van der Waals surface area contributed by atoms with E-state index in [4.69, 9.17) is 5.73 Å². The second kappa shape index (κ2) is 5.61. The van der Waals surface area contributed by atoms with Crippen LogP contribution in [0.5, 0.6) is 0 Å². The molecular weight excluding hydrogens is 256 g/mol. The van der Waals surface area contributed by atoms with E-state index in [-0.39, 0.29) is 5.54 Å². The van der Waals surface area contributed by atoms with Gasteiger partial charge in [0.15, 0.2) is 0 Å². The summed E-state index contributed by atoms with van der Waals surface area (Å²) in [5, 5.41) is 0. The van der Waals surface area contributed by atoms with Crippen molar-refractivity contribution in [3.05, 3.63) is 65.0 Å². The lowest BCUT2D eigenvalue weighted by atomic mass is 9.71. The maximum atomic E-state index is 6.80. The molecule has 2 atom stereocenters. The topological polar surface area (TPSA) is 38.9 Å². The molecule has 1 aliphatic carbocycles. The molecule has 2 unspecified atom stereocenters. The minimum absolute atomic E-state index is 0.274. The van der Waals surface area contributed by atoms with E-state index >= 15 is 0 Å². The highest BCUT2D eigenvalue weighted by Crippen LogP contribution is 2.41. The van der Waals surface area contributed by atoms with Gasteiger partial charge in [0.2, 0.25) is 0 Å². The Morgan fingerprint density at radius 1 is 1.24 bits per heavy atom. The maximum absolute atomic E-state index is 6.80. The predicted molar refractivity (Wildman–Crippen MR) is 87.3 cm³/mol. The number of aromatic nitrogens is 1. The minimum Gasteiger partial charge on any atom is -0.321 e. The van der Waals surface area contributed by atoms with Gasteiger partial charge in [0.25, 0.3) is 0 Å². The Hall–Kier alpha value is -1.67. The first-order valence-corrected chi connectivity index (χ1v) is 7.94. The van der Waals surface area contributed by atoms with Crippen LogP contribution in [-0.4, -0.2) is 4.98 Å². The summed E-state index contributed by atoms with van der Waals surface area (Å²) in [6.45, 7) is 4.45. The van der Waals surface area contributed by atoms with Crippen LogP contribution in [0.25, 0.3) is 0 Å². The minimum atomic E-state index is -0.274. The molecule has 2 nitrogen and oxygen atoms in total. The van der Waals surface area contributed by atoms with Gasteiger partial charge in [-0.2, -0.15) is 0 Å². The van der Waals surface area contributed by atoms with Gasteiger partial charge in [0, 0.05) is 23.9 Å². The summed E-state index contributed by atoms with van der Waals surface area (Å²) < 4.78 is 0. The summed E-state index contributed by atoms with van der Waals surface area (Å²) in [5.74, 6) is 0.605. The molecule has 0 aliphatic heterocycles. The standard InChI is InChI=1S/C19H24N2/c1-3-15-8-9-16(21-13-15)12-19(20)11-10-14(2)17-6-4-5-7-18(17)19/h4-9,13-14H,3,10-12,20H2,1-2H3. The highest BCUT2D eigenvalue weighted by atomic mass is 14.8. The molecule has 0 fully saturated rings. The van der Waals surface area contributed by atoms with E-state index < -0.39 is 0 Å². The number of nitrogens with zero attached hydrogens (tertiary/aromatic N) is 1. The van der Waals surface area contributed by atoms with Crippen molar-refractivity contribution in [2.75, 3.05) is 0 Å². The fourth-order valence-electron chi connectivity index (χ4n) is 3.42. The second-order valence-corrected chi connectivity index (χ2v) is 6.37. The van der Waals surface area contributed by atoms with Gasteiger partial charge in [-0.3, -0.25) is 4.98 Å². The van der Waals surface area contributed by atoms with Crippen LogP contribution in [0.4, 0.5) is 0 Å². The number of nitrogens with two attached hydrogens (primary N) is 1. The molecule has 0 radical (unpaired) electrons. The lowest BCUT2D eigenvalue weighted by molar-refractivity contribution is 0.346. The van der Waals surface area contributed by atoms with E-state index in [1.165, 1.54) is 16.7 Å². The number of fused-ring (bicyclic) bond motifs is 1. The summed E-state index contributed by atoms with van der Waals surface area (Å²) in [6, 6.07) is 13.0. The van der Waals surface area contributed by atoms with Crippen molar-refractivity contribution in [3.8, 4) is 0 Å². The van der Waals surface area contributed by atoms with E-state index in [1.54, 1.807) is 0 Å². The third-order valence-corrected chi connectivity index (χ3v) is 4.84. The Morgan fingerprint density at radius 3 is 2.76 bits per heavy atom. The van der Waals surface area contributed by atoms with E-state index in [1.807, 2.05) is 6.20 Å². The lowest BCUT2D eigenvalue weighted by Gasteiger charge is -2.38. The summed E-state index contributed by atoms with van der Waals surface area (Å²) >= 11 is 0. The van der Waals surface area contributed by atoms with Crippen LogP contribution in [0, 0.1) is 0 Å². The summed E-state index contributed by atoms with van der Waals surface area (Å²) in [5.41, 5.74) is 11.6. The molecule has 0 bridgehead atoms. The number of hydrogen-bond donors (Lipinski definition) is 1. The van der Waals surface area contributed by atoms with Crippen molar-refractivity contribution < 1.29 is 0 Å². The first kappa shape index (κ1) is 14.3. The Kier molecular flexibility index (Phi) is 3.81. The monoisotopic (exact) mass is 280 g/mol. The van der Waals surface area contributed by atoms with Crippen molar-refractivity contribution in [2.24, 2.45) is 5.73 Å². The Morgan fingerprint density at radius 2 is 2.05 bits per heavy atom. The van der Waals surface area contributed by atoms with E-state index in [9.17, 15) is 0 Å². The number of benzene rings is 1. The smallest absolute Gasteiger partial charge is 0.0468 e. The van der Waals surface area contributed by atoms with Gasteiger partial charge in [-0.1, -0.05) is 44.2 Å². The molecule has 3 rings (SSSR count). The maximum Gasteiger partial charge on any atom is 0.0468 e. The van der Waals surface area contributed by atoms with Crippen LogP contribution < -0.4 is 5.73 Å². The predicted octanol–water partition coefficient (Wildman–Crippen LogP) is 3.94.